The summed E-state index contributed by atoms with van der Waals surface area (Å²) in [4.78, 5) is 34.2. The number of amides is 1. The Morgan fingerprint density at radius 3 is 2.65 bits per heavy atom. The first-order valence-electron chi connectivity index (χ1n) is 9.56. The van der Waals surface area contributed by atoms with Gasteiger partial charge in [-0.2, -0.15) is 5.10 Å². The van der Waals surface area contributed by atoms with Crippen molar-refractivity contribution in [2.45, 2.75) is 12.1 Å². The molecule has 4 rings (SSSR count). The summed E-state index contributed by atoms with van der Waals surface area (Å²) < 4.78 is 1.54. The van der Waals surface area contributed by atoms with E-state index in [1.54, 1.807) is 30.5 Å². The van der Waals surface area contributed by atoms with Crippen LogP contribution in [0.25, 0.3) is 16.6 Å². The smallest absolute Gasteiger partial charge is 0.266 e. The van der Waals surface area contributed by atoms with Crippen LogP contribution in [0.1, 0.15) is 11.3 Å². The lowest BCUT2D eigenvalue weighted by Crippen LogP contribution is -2.24. The van der Waals surface area contributed by atoms with Crippen molar-refractivity contribution < 1.29 is 4.79 Å². The summed E-state index contributed by atoms with van der Waals surface area (Å²) in [5, 5.41) is 4.89. The maximum absolute atomic E-state index is 13.2. The molecule has 2 heterocycles. The third kappa shape index (κ3) is 4.87. The van der Waals surface area contributed by atoms with Crippen molar-refractivity contribution in [3.63, 3.8) is 0 Å². The number of hydrazone groups is 1. The van der Waals surface area contributed by atoms with E-state index in [1.165, 1.54) is 22.5 Å². The molecule has 0 saturated heterocycles. The molecule has 0 aliphatic rings. The molecule has 4 aromatic rings. The summed E-state index contributed by atoms with van der Waals surface area (Å²) in [5.41, 5.74) is 5.31. The minimum absolute atomic E-state index is 0.0518. The first kappa shape index (κ1) is 20.5. The van der Waals surface area contributed by atoms with E-state index in [9.17, 15) is 9.59 Å². The van der Waals surface area contributed by atoms with Gasteiger partial charge in [0.25, 0.3) is 11.5 Å². The number of carbonyl (C=O) groups is 1. The fraction of sp³-hybridized carbons (Fsp3) is 0.0870. The van der Waals surface area contributed by atoms with Gasteiger partial charge in [-0.05, 0) is 43.3 Å². The molecule has 8 heteroatoms. The fourth-order valence-electron chi connectivity index (χ4n) is 2.92. The molecule has 0 bridgehead atoms. The highest BCUT2D eigenvalue weighted by Gasteiger charge is 2.14. The molecule has 2 aromatic carbocycles. The van der Waals surface area contributed by atoms with Crippen molar-refractivity contribution in [1.29, 1.82) is 0 Å². The molecule has 0 unspecified atom stereocenters. The van der Waals surface area contributed by atoms with Crippen LogP contribution in [0.2, 0.25) is 0 Å². The summed E-state index contributed by atoms with van der Waals surface area (Å²) in [5.74, 6) is -0.258. The molecular formula is C23H19N5O2S. The van der Waals surface area contributed by atoms with Gasteiger partial charge in [0.1, 0.15) is 0 Å². The van der Waals surface area contributed by atoms with Crippen molar-refractivity contribution in [2.75, 3.05) is 5.75 Å². The number of hydrogen-bond donors (Lipinski definition) is 1. The van der Waals surface area contributed by atoms with Crippen LogP contribution in [-0.2, 0) is 4.79 Å². The number of nitrogens with one attached hydrogen (secondary N) is 1. The normalized spacial score (nSPS) is 11.1. The van der Waals surface area contributed by atoms with Gasteiger partial charge in [-0.3, -0.25) is 19.1 Å². The molecule has 2 aromatic heterocycles. The first-order valence-corrected chi connectivity index (χ1v) is 10.5. The van der Waals surface area contributed by atoms with Crippen LogP contribution >= 0.6 is 11.8 Å². The topological polar surface area (TPSA) is 89.2 Å². The minimum Gasteiger partial charge on any atom is -0.272 e. The minimum atomic E-state index is -0.310. The van der Waals surface area contributed by atoms with Crippen LogP contribution in [-0.4, -0.2) is 32.4 Å². The molecule has 0 saturated carbocycles. The summed E-state index contributed by atoms with van der Waals surface area (Å²) in [7, 11) is 0. The monoisotopic (exact) mass is 429 g/mol. The number of benzene rings is 2. The number of nitrogens with zero attached hydrogens (tertiary/aromatic N) is 4. The Labute approximate surface area is 182 Å². The van der Waals surface area contributed by atoms with E-state index in [1.807, 2.05) is 49.4 Å². The SMILES string of the molecule is Cc1ccc(-n2c(SCC(=O)N/N=C\c3ccccn3)nc3ccccc3c2=O)cc1. The maximum atomic E-state index is 13.2. The van der Waals surface area contributed by atoms with Gasteiger partial charge in [-0.15, -0.1) is 0 Å². The second-order valence-electron chi connectivity index (χ2n) is 6.72. The van der Waals surface area contributed by atoms with Gasteiger partial charge in [0.15, 0.2) is 5.16 Å². The second-order valence-corrected chi connectivity index (χ2v) is 7.67. The Morgan fingerprint density at radius 1 is 1.10 bits per heavy atom. The zero-order valence-corrected chi connectivity index (χ0v) is 17.5. The summed E-state index contributed by atoms with van der Waals surface area (Å²) in [6.45, 7) is 1.98. The lowest BCUT2D eigenvalue weighted by molar-refractivity contribution is -0.118. The lowest BCUT2D eigenvalue weighted by atomic mass is 10.2. The standard InChI is InChI=1S/C23H19N5O2S/c1-16-9-11-18(12-10-16)28-22(30)19-7-2-3-8-20(19)26-23(28)31-15-21(29)27-25-14-17-6-4-5-13-24-17/h2-14H,15H2,1H3,(H,27,29)/b25-14-. The van der Waals surface area contributed by atoms with Gasteiger partial charge >= 0.3 is 0 Å². The number of aromatic nitrogens is 3. The van der Waals surface area contributed by atoms with Gasteiger partial charge in [0.2, 0.25) is 0 Å². The zero-order valence-electron chi connectivity index (χ0n) is 16.7. The van der Waals surface area contributed by atoms with E-state index in [0.29, 0.717) is 27.4 Å². The number of para-hydroxylation sites is 1. The Balaban J connectivity index is 1.58. The van der Waals surface area contributed by atoms with E-state index in [-0.39, 0.29) is 17.2 Å². The van der Waals surface area contributed by atoms with E-state index in [2.05, 4.69) is 20.5 Å². The number of pyridine rings is 1. The molecule has 154 valence electrons. The third-order valence-corrected chi connectivity index (χ3v) is 5.38. The quantitative estimate of drug-likeness (QED) is 0.220. The molecule has 1 amide bonds. The molecule has 0 aliphatic heterocycles. The summed E-state index contributed by atoms with van der Waals surface area (Å²) in [6, 6.07) is 20.2. The van der Waals surface area contributed by atoms with Crippen LogP contribution in [0.5, 0.6) is 0 Å². The van der Waals surface area contributed by atoms with Crippen LogP contribution in [0.3, 0.4) is 0 Å². The maximum Gasteiger partial charge on any atom is 0.266 e. The molecule has 0 fully saturated rings. The predicted molar refractivity (Wildman–Crippen MR) is 123 cm³/mol. The molecular weight excluding hydrogens is 410 g/mol. The molecule has 0 aliphatic carbocycles. The van der Waals surface area contributed by atoms with Crippen LogP contribution in [0.4, 0.5) is 0 Å². The first-order chi connectivity index (χ1) is 15.1. The Morgan fingerprint density at radius 2 is 1.87 bits per heavy atom. The van der Waals surface area contributed by atoms with E-state index in [0.717, 1.165) is 5.56 Å². The molecule has 1 N–H and O–H groups in total. The van der Waals surface area contributed by atoms with Crippen molar-refractivity contribution in [2.24, 2.45) is 5.10 Å². The average Bonchev–Trinajstić information content (AvgIpc) is 2.79. The summed E-state index contributed by atoms with van der Waals surface area (Å²) >= 11 is 1.18. The van der Waals surface area contributed by atoms with Crippen LogP contribution in [0, 0.1) is 6.92 Å². The molecule has 7 nitrogen and oxygen atoms in total. The number of fused-ring (bicyclic) bond motifs is 1. The number of aryl methyl sites for hydroxylation is 1. The van der Waals surface area contributed by atoms with E-state index >= 15 is 0 Å². The largest absolute Gasteiger partial charge is 0.272 e. The number of carbonyl (C=O) groups excluding carboxylic acids is 1. The van der Waals surface area contributed by atoms with Crippen LogP contribution < -0.4 is 11.0 Å². The third-order valence-electron chi connectivity index (χ3n) is 4.44. The van der Waals surface area contributed by atoms with Gasteiger partial charge in [0, 0.05) is 6.20 Å². The Kier molecular flexibility index (Phi) is 6.18. The lowest BCUT2D eigenvalue weighted by Gasteiger charge is -2.13. The van der Waals surface area contributed by atoms with Gasteiger partial charge < -0.3 is 0 Å². The Hall–Kier alpha value is -3.78. The highest BCUT2D eigenvalue weighted by molar-refractivity contribution is 7.99. The van der Waals surface area contributed by atoms with E-state index < -0.39 is 0 Å². The highest BCUT2D eigenvalue weighted by atomic mass is 32.2. The van der Waals surface area contributed by atoms with Crippen molar-refractivity contribution in [1.82, 2.24) is 20.0 Å². The van der Waals surface area contributed by atoms with Crippen molar-refractivity contribution in [3.8, 4) is 5.69 Å². The average molecular weight is 430 g/mol. The zero-order chi connectivity index (χ0) is 21.6. The highest BCUT2D eigenvalue weighted by Crippen LogP contribution is 2.21. The van der Waals surface area contributed by atoms with Crippen molar-refractivity contribution in [3.05, 3.63) is 94.5 Å². The number of rotatable bonds is 6. The van der Waals surface area contributed by atoms with Gasteiger partial charge in [-0.1, -0.05) is 47.7 Å². The molecule has 0 spiro atoms. The van der Waals surface area contributed by atoms with E-state index in [4.69, 9.17) is 0 Å². The fourth-order valence-corrected chi connectivity index (χ4v) is 3.72. The van der Waals surface area contributed by atoms with Crippen LogP contribution in [0.15, 0.2) is 88.0 Å². The van der Waals surface area contributed by atoms with Gasteiger partial charge in [0.05, 0.1) is 34.3 Å². The Bertz CT molecular complexity index is 1300. The molecule has 31 heavy (non-hydrogen) atoms. The molecule has 0 atom stereocenters. The summed E-state index contributed by atoms with van der Waals surface area (Å²) in [6.07, 6.45) is 3.12. The van der Waals surface area contributed by atoms with Gasteiger partial charge in [-0.25, -0.2) is 10.4 Å². The number of hydrogen-bond acceptors (Lipinski definition) is 6. The number of thioether (sulfide) groups is 1. The second kappa shape index (κ2) is 9.36. The molecule has 0 radical (unpaired) electrons. The van der Waals surface area contributed by atoms with Crippen molar-refractivity contribution >= 4 is 34.8 Å². The predicted octanol–water partition coefficient (Wildman–Crippen LogP) is 3.33.